The molecule has 2 rings (SSSR count). The predicted octanol–water partition coefficient (Wildman–Crippen LogP) is 1.16. The normalized spacial score (nSPS) is 21.3. The molecule has 0 fully saturated rings. The number of aliphatic imine (C=N–C) groups is 2. The van der Waals surface area contributed by atoms with Crippen LogP contribution in [0.5, 0.6) is 5.75 Å². The van der Waals surface area contributed by atoms with Crippen molar-refractivity contribution in [2.24, 2.45) is 20.9 Å². The van der Waals surface area contributed by atoms with Crippen molar-refractivity contribution in [3.05, 3.63) is 29.8 Å². The van der Waals surface area contributed by atoms with Crippen molar-refractivity contribution < 1.29 is 4.74 Å². The van der Waals surface area contributed by atoms with Crippen LogP contribution >= 0.6 is 0 Å². The molecule has 0 bridgehead atoms. The van der Waals surface area contributed by atoms with Gasteiger partial charge in [-0.2, -0.15) is 5.10 Å². The molecule has 1 unspecified atom stereocenters. The number of methoxy groups -OCH3 is 1. The van der Waals surface area contributed by atoms with Gasteiger partial charge in [-0.25, -0.2) is 4.99 Å². The first-order chi connectivity index (χ1) is 7.85. The fraction of sp³-hybridized carbons (Fsp3) is 0.182. The Morgan fingerprint density at radius 2 is 2.00 bits per heavy atom. The van der Waals surface area contributed by atoms with Crippen LogP contribution < -0.4 is 10.6 Å². The van der Waals surface area contributed by atoms with Crippen molar-refractivity contribution in [3.63, 3.8) is 0 Å². The Kier molecular flexibility index (Phi) is 2.95. The molecule has 5 heteroatoms. The third kappa shape index (κ3) is 1.93. The molecule has 5 nitrogen and oxygen atoms in total. The minimum absolute atomic E-state index is 0.221. The molecule has 1 aliphatic rings. The molecule has 0 aromatic heterocycles. The number of nitrogens with two attached hydrogens (primary N) is 1. The Morgan fingerprint density at radius 3 is 2.62 bits per heavy atom. The lowest BCUT2D eigenvalue weighted by molar-refractivity contribution is 0.414. The molecule has 1 atom stereocenters. The highest BCUT2D eigenvalue weighted by molar-refractivity contribution is 6.22. The molecule has 82 valence electrons. The van der Waals surface area contributed by atoms with Crippen LogP contribution in [-0.4, -0.2) is 25.4 Å². The highest BCUT2D eigenvalue weighted by Gasteiger charge is 2.17. The number of nitrogens with zero attached hydrogens (tertiary/aromatic N) is 3. The van der Waals surface area contributed by atoms with E-state index in [-0.39, 0.29) is 6.04 Å². The van der Waals surface area contributed by atoms with E-state index in [4.69, 9.17) is 10.6 Å². The lowest BCUT2D eigenvalue weighted by atomic mass is 10.1. The van der Waals surface area contributed by atoms with E-state index in [0.29, 0.717) is 5.84 Å². The van der Waals surface area contributed by atoms with Gasteiger partial charge < -0.3 is 10.6 Å². The SMILES string of the molecule is COc1ccc(C2N=CC=N/C2=N\N)cc1. The average molecular weight is 216 g/mol. The van der Waals surface area contributed by atoms with Gasteiger partial charge in [-0.1, -0.05) is 12.1 Å². The van der Waals surface area contributed by atoms with Gasteiger partial charge in [0.25, 0.3) is 0 Å². The van der Waals surface area contributed by atoms with Crippen LogP contribution in [0.15, 0.2) is 39.4 Å². The molecule has 0 saturated heterocycles. The maximum Gasteiger partial charge on any atom is 0.177 e. The third-order valence-electron chi connectivity index (χ3n) is 2.32. The molecule has 1 aromatic rings. The highest BCUT2D eigenvalue weighted by atomic mass is 16.5. The number of ether oxygens (including phenoxy) is 1. The van der Waals surface area contributed by atoms with Crippen LogP contribution in [0.25, 0.3) is 0 Å². The summed E-state index contributed by atoms with van der Waals surface area (Å²) in [6.45, 7) is 0. The number of hydrogen-bond acceptors (Lipinski definition) is 4. The van der Waals surface area contributed by atoms with Crippen LogP contribution in [0, 0.1) is 0 Å². The minimum Gasteiger partial charge on any atom is -0.497 e. The van der Waals surface area contributed by atoms with E-state index in [0.717, 1.165) is 11.3 Å². The summed E-state index contributed by atoms with van der Waals surface area (Å²) in [7, 11) is 1.63. The van der Waals surface area contributed by atoms with E-state index in [1.165, 1.54) is 0 Å². The second-order valence-electron chi connectivity index (χ2n) is 3.24. The summed E-state index contributed by atoms with van der Waals surface area (Å²) in [6, 6.07) is 7.37. The maximum absolute atomic E-state index is 5.26. The van der Waals surface area contributed by atoms with Gasteiger partial charge in [0.2, 0.25) is 0 Å². The second kappa shape index (κ2) is 4.57. The van der Waals surface area contributed by atoms with E-state index in [1.807, 2.05) is 24.3 Å². The van der Waals surface area contributed by atoms with Crippen LogP contribution in [0.3, 0.4) is 0 Å². The van der Waals surface area contributed by atoms with Crippen molar-refractivity contribution >= 4 is 18.3 Å². The maximum atomic E-state index is 5.26. The van der Waals surface area contributed by atoms with Crippen LogP contribution in [0.2, 0.25) is 0 Å². The van der Waals surface area contributed by atoms with Crippen molar-refractivity contribution in [2.75, 3.05) is 7.11 Å². The van der Waals surface area contributed by atoms with E-state index in [1.54, 1.807) is 19.5 Å². The van der Waals surface area contributed by atoms with Crippen molar-refractivity contribution in [1.29, 1.82) is 0 Å². The number of hydrogen-bond donors (Lipinski definition) is 1. The van der Waals surface area contributed by atoms with Crippen LogP contribution in [-0.2, 0) is 0 Å². The van der Waals surface area contributed by atoms with E-state index >= 15 is 0 Å². The summed E-state index contributed by atoms with van der Waals surface area (Å²) < 4.78 is 5.09. The summed E-state index contributed by atoms with van der Waals surface area (Å²) in [6.07, 6.45) is 3.22. The lowest BCUT2D eigenvalue weighted by Crippen LogP contribution is -2.14. The molecule has 1 aromatic carbocycles. The van der Waals surface area contributed by atoms with E-state index in [2.05, 4.69) is 15.1 Å². The molecule has 0 aliphatic carbocycles. The predicted molar refractivity (Wildman–Crippen MR) is 64.3 cm³/mol. The van der Waals surface area contributed by atoms with Crippen LogP contribution in [0.4, 0.5) is 0 Å². The zero-order valence-electron chi connectivity index (χ0n) is 8.87. The van der Waals surface area contributed by atoms with Crippen molar-refractivity contribution in [3.8, 4) is 5.75 Å². The molecule has 0 amide bonds. The van der Waals surface area contributed by atoms with Crippen molar-refractivity contribution in [1.82, 2.24) is 0 Å². The quantitative estimate of drug-likeness (QED) is 0.595. The molecule has 0 radical (unpaired) electrons. The van der Waals surface area contributed by atoms with Gasteiger partial charge in [0.1, 0.15) is 11.8 Å². The van der Waals surface area contributed by atoms with Gasteiger partial charge in [0.15, 0.2) is 5.84 Å². The van der Waals surface area contributed by atoms with Crippen molar-refractivity contribution in [2.45, 2.75) is 6.04 Å². The van der Waals surface area contributed by atoms with Gasteiger partial charge in [-0.05, 0) is 17.7 Å². The second-order valence-corrected chi connectivity index (χ2v) is 3.24. The first-order valence-corrected chi connectivity index (χ1v) is 4.82. The van der Waals surface area contributed by atoms with Gasteiger partial charge in [-0.3, -0.25) is 4.99 Å². The summed E-state index contributed by atoms with van der Waals surface area (Å²) in [5, 5.41) is 3.62. The third-order valence-corrected chi connectivity index (χ3v) is 2.32. The standard InChI is InChI=1S/C11H12N4O/c1-16-9-4-2-8(3-5-9)10-11(15-12)14-7-6-13-10/h2-7,10H,12H2,1H3/b15-11-. The molecule has 1 aliphatic heterocycles. The van der Waals surface area contributed by atoms with Gasteiger partial charge in [-0.15, -0.1) is 0 Å². The number of hydrazone groups is 1. The van der Waals surface area contributed by atoms with E-state index < -0.39 is 0 Å². The number of rotatable bonds is 2. The lowest BCUT2D eigenvalue weighted by Gasteiger charge is -2.14. The topological polar surface area (TPSA) is 72.3 Å². The zero-order valence-corrected chi connectivity index (χ0v) is 8.87. The molecular weight excluding hydrogens is 204 g/mol. The molecular formula is C11H12N4O. The minimum atomic E-state index is -0.221. The Hall–Kier alpha value is -2.17. The first kappa shape index (κ1) is 10.4. The largest absolute Gasteiger partial charge is 0.497 e. The fourth-order valence-electron chi connectivity index (χ4n) is 1.50. The van der Waals surface area contributed by atoms with Gasteiger partial charge in [0.05, 0.1) is 7.11 Å². The number of benzene rings is 1. The molecule has 0 saturated carbocycles. The highest BCUT2D eigenvalue weighted by Crippen LogP contribution is 2.23. The summed E-state index contributed by atoms with van der Waals surface area (Å²) in [4.78, 5) is 8.35. The molecule has 2 N–H and O–H groups in total. The Labute approximate surface area is 93.4 Å². The Bertz CT molecular complexity index is 448. The zero-order chi connectivity index (χ0) is 11.4. The van der Waals surface area contributed by atoms with Gasteiger partial charge >= 0.3 is 0 Å². The average Bonchev–Trinajstić information content (AvgIpc) is 2.39. The fourth-order valence-corrected chi connectivity index (χ4v) is 1.50. The summed E-state index contributed by atoms with van der Waals surface area (Å²) >= 11 is 0. The van der Waals surface area contributed by atoms with Crippen LogP contribution in [0.1, 0.15) is 11.6 Å². The monoisotopic (exact) mass is 216 g/mol. The molecule has 16 heavy (non-hydrogen) atoms. The summed E-state index contributed by atoms with van der Waals surface area (Å²) in [5.74, 6) is 6.57. The van der Waals surface area contributed by atoms with Gasteiger partial charge in [0, 0.05) is 12.4 Å². The smallest absolute Gasteiger partial charge is 0.177 e. The summed E-state index contributed by atoms with van der Waals surface area (Å²) in [5.41, 5.74) is 0.984. The molecule has 1 heterocycles. The molecule has 0 spiro atoms. The Balaban J connectivity index is 2.29. The van der Waals surface area contributed by atoms with E-state index in [9.17, 15) is 0 Å². The Morgan fingerprint density at radius 1 is 1.25 bits per heavy atom. The number of amidine groups is 1. The first-order valence-electron chi connectivity index (χ1n) is 4.82.